The standard InChI is InChI=1S/C17H16FN5O/c1-11-7-8-15(24-2)14(9-11)21-17-22-16(10-19-23-17)20-13-6-4-3-5-12(13)18/h3-10H,1-2H3,(H2,20,21,22,23). The lowest BCUT2D eigenvalue weighted by molar-refractivity contribution is 0.416. The molecular weight excluding hydrogens is 309 g/mol. The fourth-order valence-electron chi connectivity index (χ4n) is 2.16. The first-order valence-electron chi connectivity index (χ1n) is 7.28. The first kappa shape index (κ1) is 15.7. The number of hydrogen-bond donors (Lipinski definition) is 2. The summed E-state index contributed by atoms with van der Waals surface area (Å²) in [5, 5.41) is 13.8. The summed E-state index contributed by atoms with van der Waals surface area (Å²) in [5.41, 5.74) is 2.10. The van der Waals surface area contributed by atoms with Crippen molar-refractivity contribution in [3.63, 3.8) is 0 Å². The van der Waals surface area contributed by atoms with Gasteiger partial charge in [0.15, 0.2) is 5.82 Å². The zero-order valence-electron chi connectivity index (χ0n) is 13.2. The van der Waals surface area contributed by atoms with Crippen molar-refractivity contribution < 1.29 is 9.13 Å². The number of aryl methyl sites for hydroxylation is 1. The van der Waals surface area contributed by atoms with E-state index in [9.17, 15) is 4.39 Å². The van der Waals surface area contributed by atoms with Gasteiger partial charge in [0.1, 0.15) is 11.6 Å². The van der Waals surface area contributed by atoms with Crippen LogP contribution in [0.2, 0.25) is 0 Å². The van der Waals surface area contributed by atoms with Gasteiger partial charge in [-0.05, 0) is 36.8 Å². The first-order valence-corrected chi connectivity index (χ1v) is 7.28. The summed E-state index contributed by atoms with van der Waals surface area (Å²) < 4.78 is 19.0. The molecule has 0 aliphatic rings. The number of ether oxygens (including phenoxy) is 1. The van der Waals surface area contributed by atoms with Gasteiger partial charge in [-0.1, -0.05) is 18.2 Å². The van der Waals surface area contributed by atoms with E-state index in [-0.39, 0.29) is 11.8 Å². The van der Waals surface area contributed by atoms with E-state index in [0.717, 1.165) is 11.3 Å². The van der Waals surface area contributed by atoms with Gasteiger partial charge >= 0.3 is 0 Å². The van der Waals surface area contributed by atoms with Crippen LogP contribution < -0.4 is 15.4 Å². The summed E-state index contributed by atoms with van der Waals surface area (Å²) in [6.07, 6.45) is 1.42. The lowest BCUT2D eigenvalue weighted by Crippen LogP contribution is -2.04. The second kappa shape index (κ2) is 6.91. The van der Waals surface area contributed by atoms with Gasteiger partial charge in [-0.2, -0.15) is 10.1 Å². The molecule has 3 aromatic rings. The molecule has 0 unspecified atom stereocenters. The predicted octanol–water partition coefficient (Wildman–Crippen LogP) is 3.81. The molecule has 1 heterocycles. The molecule has 1 aromatic heterocycles. The Morgan fingerprint density at radius 1 is 1.04 bits per heavy atom. The van der Waals surface area contributed by atoms with Crippen molar-refractivity contribution in [1.29, 1.82) is 0 Å². The Kier molecular flexibility index (Phi) is 4.51. The molecule has 2 N–H and O–H groups in total. The number of anilines is 4. The Bertz CT molecular complexity index is 856. The van der Waals surface area contributed by atoms with Crippen LogP contribution in [0, 0.1) is 12.7 Å². The van der Waals surface area contributed by atoms with Gasteiger partial charge in [0, 0.05) is 0 Å². The lowest BCUT2D eigenvalue weighted by Gasteiger charge is -2.11. The van der Waals surface area contributed by atoms with Gasteiger partial charge < -0.3 is 15.4 Å². The van der Waals surface area contributed by atoms with Crippen LogP contribution >= 0.6 is 0 Å². The molecule has 0 aliphatic heterocycles. The molecule has 122 valence electrons. The Labute approximate surface area is 138 Å². The van der Waals surface area contributed by atoms with Crippen LogP contribution in [0.1, 0.15) is 5.56 Å². The maximum Gasteiger partial charge on any atom is 0.249 e. The second-order valence-electron chi connectivity index (χ2n) is 5.10. The van der Waals surface area contributed by atoms with E-state index in [2.05, 4.69) is 25.8 Å². The van der Waals surface area contributed by atoms with Crippen molar-refractivity contribution in [3.05, 3.63) is 60.0 Å². The van der Waals surface area contributed by atoms with E-state index < -0.39 is 0 Å². The Hall–Kier alpha value is -3.22. The minimum atomic E-state index is -0.369. The van der Waals surface area contributed by atoms with Crippen molar-refractivity contribution >= 4 is 23.1 Å². The molecule has 0 saturated carbocycles. The van der Waals surface area contributed by atoms with Crippen molar-refractivity contribution in [2.45, 2.75) is 6.92 Å². The molecule has 2 aromatic carbocycles. The molecule has 0 aliphatic carbocycles. The maximum absolute atomic E-state index is 13.7. The Morgan fingerprint density at radius 2 is 1.88 bits per heavy atom. The first-order chi connectivity index (χ1) is 11.7. The van der Waals surface area contributed by atoms with E-state index in [1.165, 1.54) is 12.3 Å². The van der Waals surface area contributed by atoms with Crippen LogP contribution in [0.25, 0.3) is 0 Å². The quantitative estimate of drug-likeness (QED) is 0.743. The molecule has 0 amide bonds. The third-order valence-corrected chi connectivity index (χ3v) is 3.30. The van der Waals surface area contributed by atoms with Crippen LogP contribution in [0.15, 0.2) is 48.7 Å². The molecule has 6 nitrogen and oxygen atoms in total. The van der Waals surface area contributed by atoms with Crippen molar-refractivity contribution in [2.75, 3.05) is 17.7 Å². The molecule has 0 bridgehead atoms. The average molecular weight is 325 g/mol. The van der Waals surface area contributed by atoms with Gasteiger partial charge in [-0.15, -0.1) is 5.10 Å². The molecule has 0 spiro atoms. The number of aromatic nitrogens is 3. The SMILES string of the molecule is COc1ccc(C)cc1Nc1nncc(Nc2ccccc2F)n1. The number of rotatable bonds is 5. The van der Waals surface area contributed by atoms with Gasteiger partial charge in [-0.3, -0.25) is 0 Å². The van der Waals surface area contributed by atoms with Crippen molar-refractivity contribution in [1.82, 2.24) is 15.2 Å². The monoisotopic (exact) mass is 325 g/mol. The summed E-state index contributed by atoms with van der Waals surface area (Å²) >= 11 is 0. The summed E-state index contributed by atoms with van der Waals surface area (Å²) in [5.74, 6) is 0.951. The minimum absolute atomic E-state index is 0.278. The van der Waals surface area contributed by atoms with Crippen LogP contribution in [-0.4, -0.2) is 22.3 Å². The number of hydrogen-bond acceptors (Lipinski definition) is 6. The van der Waals surface area contributed by atoms with Gasteiger partial charge in [0.25, 0.3) is 0 Å². The highest BCUT2D eigenvalue weighted by atomic mass is 19.1. The minimum Gasteiger partial charge on any atom is -0.495 e. The zero-order chi connectivity index (χ0) is 16.9. The fourth-order valence-corrected chi connectivity index (χ4v) is 2.16. The third-order valence-electron chi connectivity index (χ3n) is 3.30. The third kappa shape index (κ3) is 3.57. The number of methoxy groups -OCH3 is 1. The van der Waals surface area contributed by atoms with Crippen LogP contribution in [0.4, 0.5) is 27.5 Å². The molecular formula is C17H16FN5O. The van der Waals surface area contributed by atoms with Crippen LogP contribution in [0.5, 0.6) is 5.75 Å². The smallest absolute Gasteiger partial charge is 0.249 e. The second-order valence-corrected chi connectivity index (χ2v) is 5.10. The largest absolute Gasteiger partial charge is 0.495 e. The molecule has 0 fully saturated rings. The van der Waals surface area contributed by atoms with E-state index in [0.29, 0.717) is 17.3 Å². The van der Waals surface area contributed by atoms with E-state index >= 15 is 0 Å². The van der Waals surface area contributed by atoms with Gasteiger partial charge in [0.2, 0.25) is 5.95 Å². The number of para-hydroxylation sites is 1. The van der Waals surface area contributed by atoms with Gasteiger partial charge in [-0.25, -0.2) is 4.39 Å². The average Bonchev–Trinajstić information content (AvgIpc) is 2.58. The zero-order valence-corrected chi connectivity index (χ0v) is 13.2. The van der Waals surface area contributed by atoms with E-state index in [4.69, 9.17) is 4.74 Å². The van der Waals surface area contributed by atoms with Gasteiger partial charge in [0.05, 0.1) is 24.7 Å². The van der Waals surface area contributed by atoms with E-state index in [1.807, 2.05) is 25.1 Å². The topological polar surface area (TPSA) is 72.0 Å². The Morgan fingerprint density at radius 3 is 2.67 bits per heavy atom. The molecule has 0 atom stereocenters. The molecule has 24 heavy (non-hydrogen) atoms. The maximum atomic E-state index is 13.7. The van der Waals surface area contributed by atoms with Crippen LogP contribution in [-0.2, 0) is 0 Å². The molecule has 0 radical (unpaired) electrons. The molecule has 7 heteroatoms. The number of halogens is 1. The number of nitrogens with one attached hydrogen (secondary N) is 2. The summed E-state index contributed by atoms with van der Waals surface area (Å²) in [6.45, 7) is 1.97. The molecule has 3 rings (SSSR count). The predicted molar refractivity (Wildman–Crippen MR) is 90.5 cm³/mol. The van der Waals surface area contributed by atoms with Crippen LogP contribution in [0.3, 0.4) is 0 Å². The highest BCUT2D eigenvalue weighted by molar-refractivity contribution is 5.64. The highest BCUT2D eigenvalue weighted by Crippen LogP contribution is 2.27. The summed E-state index contributed by atoms with van der Waals surface area (Å²) in [7, 11) is 1.59. The summed E-state index contributed by atoms with van der Waals surface area (Å²) in [4.78, 5) is 4.29. The number of benzene rings is 2. The van der Waals surface area contributed by atoms with E-state index in [1.54, 1.807) is 25.3 Å². The summed E-state index contributed by atoms with van der Waals surface area (Å²) in [6, 6.07) is 12.1. The fraction of sp³-hybridized carbons (Fsp3) is 0.118. The normalized spacial score (nSPS) is 10.3. The van der Waals surface area contributed by atoms with Crippen molar-refractivity contribution in [2.24, 2.45) is 0 Å². The highest BCUT2D eigenvalue weighted by Gasteiger charge is 2.08. The molecule has 0 saturated heterocycles. The number of nitrogens with zero attached hydrogens (tertiary/aromatic N) is 3. The lowest BCUT2D eigenvalue weighted by atomic mass is 10.2. The van der Waals surface area contributed by atoms with Crippen molar-refractivity contribution in [3.8, 4) is 5.75 Å². The Balaban J connectivity index is 1.84.